The minimum absolute atomic E-state index is 0.0135. The maximum Gasteiger partial charge on any atom is 0.229 e. The molecule has 2 aromatic carbocycles. The van der Waals surface area contributed by atoms with Crippen molar-refractivity contribution in [2.75, 3.05) is 5.32 Å². The number of hydrogen-bond acceptors (Lipinski definition) is 2. The average molecular weight is 347 g/mol. The van der Waals surface area contributed by atoms with Crippen LogP contribution in [0.5, 0.6) is 0 Å². The lowest BCUT2D eigenvalue weighted by Crippen LogP contribution is -2.40. The molecule has 1 amide bonds. The van der Waals surface area contributed by atoms with E-state index in [0.717, 1.165) is 46.6 Å². The molecule has 1 saturated carbocycles. The van der Waals surface area contributed by atoms with E-state index >= 15 is 0 Å². The van der Waals surface area contributed by atoms with Crippen LogP contribution in [0.1, 0.15) is 25.7 Å². The van der Waals surface area contributed by atoms with Gasteiger partial charge in [-0.1, -0.05) is 53.0 Å². The van der Waals surface area contributed by atoms with Crippen LogP contribution in [0.25, 0.3) is 10.8 Å². The molecule has 0 spiro atoms. The lowest BCUT2D eigenvalue weighted by molar-refractivity contribution is -0.121. The summed E-state index contributed by atoms with van der Waals surface area (Å²) in [7, 11) is 0. The summed E-state index contributed by atoms with van der Waals surface area (Å²) in [6, 6.07) is 11.9. The summed E-state index contributed by atoms with van der Waals surface area (Å²) in [5.74, 6) is -0.0177. The fraction of sp³-hybridized carbons (Fsp3) is 0.353. The van der Waals surface area contributed by atoms with Crippen molar-refractivity contribution >= 4 is 38.3 Å². The van der Waals surface area contributed by atoms with Crippen LogP contribution in [0.2, 0.25) is 0 Å². The Morgan fingerprint density at radius 1 is 1.10 bits per heavy atom. The summed E-state index contributed by atoms with van der Waals surface area (Å²) in [5, 5.41) is 5.22. The van der Waals surface area contributed by atoms with Crippen LogP contribution in [0.4, 0.5) is 5.69 Å². The molecule has 0 bridgehead atoms. The standard InChI is InChI=1S/C17H19BrN2O/c18-14-9-10-16(12-6-2-1-5-11(12)14)20-17(21)13-7-3-4-8-15(13)19/h1-2,5-6,9-10,13,15H,3-4,7-8,19H2,(H,20,21). The van der Waals surface area contributed by atoms with Gasteiger partial charge in [0.25, 0.3) is 0 Å². The van der Waals surface area contributed by atoms with Crippen molar-refractivity contribution in [2.45, 2.75) is 31.7 Å². The van der Waals surface area contributed by atoms with E-state index in [0.29, 0.717) is 0 Å². The van der Waals surface area contributed by atoms with Gasteiger partial charge in [-0.3, -0.25) is 4.79 Å². The SMILES string of the molecule is NC1CCCCC1C(=O)Nc1ccc(Br)c2ccccc12. The van der Waals surface area contributed by atoms with E-state index in [1.165, 1.54) is 0 Å². The minimum Gasteiger partial charge on any atom is -0.327 e. The number of carbonyl (C=O) groups excluding carboxylic acids is 1. The maximum atomic E-state index is 12.5. The predicted molar refractivity (Wildman–Crippen MR) is 90.2 cm³/mol. The number of rotatable bonds is 2. The highest BCUT2D eigenvalue weighted by Crippen LogP contribution is 2.31. The minimum atomic E-state index is -0.0684. The smallest absolute Gasteiger partial charge is 0.229 e. The van der Waals surface area contributed by atoms with Gasteiger partial charge in [0, 0.05) is 21.6 Å². The van der Waals surface area contributed by atoms with Gasteiger partial charge in [0.2, 0.25) is 5.91 Å². The van der Waals surface area contributed by atoms with Crippen molar-refractivity contribution < 1.29 is 4.79 Å². The van der Waals surface area contributed by atoms with Gasteiger partial charge < -0.3 is 11.1 Å². The molecule has 3 N–H and O–H groups in total. The molecule has 21 heavy (non-hydrogen) atoms. The number of halogens is 1. The summed E-state index contributed by atoms with van der Waals surface area (Å²) < 4.78 is 1.03. The molecular weight excluding hydrogens is 328 g/mol. The molecule has 0 aliphatic heterocycles. The summed E-state index contributed by atoms with van der Waals surface area (Å²) in [5.41, 5.74) is 6.96. The van der Waals surface area contributed by atoms with Crippen LogP contribution in [0.15, 0.2) is 40.9 Å². The first-order valence-corrected chi connectivity index (χ1v) is 8.20. The van der Waals surface area contributed by atoms with Gasteiger partial charge in [0.1, 0.15) is 0 Å². The number of carbonyl (C=O) groups is 1. The lowest BCUT2D eigenvalue weighted by Gasteiger charge is -2.27. The summed E-state index contributed by atoms with van der Waals surface area (Å²) in [6.45, 7) is 0. The molecule has 110 valence electrons. The topological polar surface area (TPSA) is 55.1 Å². The largest absolute Gasteiger partial charge is 0.327 e. The third-order valence-corrected chi connectivity index (χ3v) is 4.98. The van der Waals surface area contributed by atoms with Crippen molar-refractivity contribution in [1.82, 2.24) is 0 Å². The molecule has 2 unspecified atom stereocenters. The number of nitrogens with two attached hydrogens (primary N) is 1. The van der Waals surface area contributed by atoms with Crippen molar-refractivity contribution in [1.29, 1.82) is 0 Å². The van der Waals surface area contributed by atoms with Crippen molar-refractivity contribution in [3.63, 3.8) is 0 Å². The first-order valence-electron chi connectivity index (χ1n) is 7.40. The Morgan fingerprint density at radius 2 is 1.81 bits per heavy atom. The Balaban J connectivity index is 1.88. The highest BCUT2D eigenvalue weighted by atomic mass is 79.9. The second-order valence-electron chi connectivity index (χ2n) is 5.68. The van der Waals surface area contributed by atoms with E-state index in [4.69, 9.17) is 5.73 Å². The first kappa shape index (κ1) is 14.5. The maximum absolute atomic E-state index is 12.5. The van der Waals surface area contributed by atoms with Crippen LogP contribution in [-0.2, 0) is 4.79 Å². The normalized spacial score (nSPS) is 22.2. The third kappa shape index (κ3) is 2.97. The zero-order valence-electron chi connectivity index (χ0n) is 11.8. The molecule has 3 nitrogen and oxygen atoms in total. The third-order valence-electron chi connectivity index (χ3n) is 4.28. The van der Waals surface area contributed by atoms with Crippen LogP contribution in [0, 0.1) is 5.92 Å². The second kappa shape index (κ2) is 6.16. The number of hydrogen-bond donors (Lipinski definition) is 2. The fourth-order valence-corrected chi connectivity index (χ4v) is 3.56. The Bertz CT molecular complexity index is 671. The van der Waals surface area contributed by atoms with Gasteiger partial charge in [-0.25, -0.2) is 0 Å². The van der Waals surface area contributed by atoms with Gasteiger partial charge >= 0.3 is 0 Å². The average Bonchev–Trinajstić information content (AvgIpc) is 2.51. The van der Waals surface area contributed by atoms with E-state index in [-0.39, 0.29) is 17.9 Å². The highest BCUT2D eigenvalue weighted by molar-refractivity contribution is 9.10. The molecule has 4 heteroatoms. The zero-order valence-corrected chi connectivity index (χ0v) is 13.4. The number of benzene rings is 2. The monoisotopic (exact) mass is 346 g/mol. The number of anilines is 1. The van der Waals surface area contributed by atoms with E-state index < -0.39 is 0 Å². The van der Waals surface area contributed by atoms with Gasteiger partial charge in [-0.05, 0) is 30.4 Å². The summed E-state index contributed by atoms with van der Waals surface area (Å²) >= 11 is 3.55. The summed E-state index contributed by atoms with van der Waals surface area (Å²) in [4.78, 5) is 12.5. The second-order valence-corrected chi connectivity index (χ2v) is 6.54. The Hall–Kier alpha value is -1.39. The van der Waals surface area contributed by atoms with Crippen LogP contribution in [-0.4, -0.2) is 11.9 Å². The predicted octanol–water partition coefficient (Wildman–Crippen LogP) is 4.06. The van der Waals surface area contributed by atoms with E-state index in [2.05, 4.69) is 21.2 Å². The van der Waals surface area contributed by atoms with E-state index in [1.54, 1.807) is 0 Å². The van der Waals surface area contributed by atoms with Crippen LogP contribution in [0.3, 0.4) is 0 Å². The molecule has 1 aliphatic rings. The highest BCUT2D eigenvalue weighted by Gasteiger charge is 2.28. The fourth-order valence-electron chi connectivity index (χ4n) is 3.08. The molecule has 0 radical (unpaired) electrons. The van der Waals surface area contributed by atoms with Crippen molar-refractivity contribution in [2.24, 2.45) is 11.7 Å². The van der Waals surface area contributed by atoms with Crippen LogP contribution < -0.4 is 11.1 Å². The van der Waals surface area contributed by atoms with Crippen molar-refractivity contribution in [3.05, 3.63) is 40.9 Å². The van der Waals surface area contributed by atoms with E-state index in [9.17, 15) is 4.79 Å². The molecule has 0 heterocycles. The van der Waals surface area contributed by atoms with E-state index in [1.807, 2.05) is 36.4 Å². The van der Waals surface area contributed by atoms with Gasteiger partial charge in [0.05, 0.1) is 5.92 Å². The molecule has 0 aromatic heterocycles. The Kier molecular flexibility index (Phi) is 4.27. The van der Waals surface area contributed by atoms with Gasteiger partial charge in [0.15, 0.2) is 0 Å². The van der Waals surface area contributed by atoms with Gasteiger partial charge in [-0.2, -0.15) is 0 Å². The van der Waals surface area contributed by atoms with Crippen LogP contribution >= 0.6 is 15.9 Å². The van der Waals surface area contributed by atoms with Crippen molar-refractivity contribution in [3.8, 4) is 0 Å². The molecule has 0 saturated heterocycles. The summed E-state index contributed by atoms with van der Waals surface area (Å²) in [6.07, 6.45) is 4.06. The van der Waals surface area contributed by atoms with Gasteiger partial charge in [-0.15, -0.1) is 0 Å². The molecule has 2 aromatic rings. The Labute approximate surface area is 133 Å². The number of nitrogens with one attached hydrogen (secondary N) is 1. The molecule has 1 aliphatic carbocycles. The Morgan fingerprint density at radius 3 is 2.57 bits per heavy atom. The quantitative estimate of drug-likeness (QED) is 0.861. The molecular formula is C17H19BrN2O. The first-order chi connectivity index (χ1) is 10.2. The number of fused-ring (bicyclic) bond motifs is 1. The molecule has 2 atom stereocenters. The molecule has 3 rings (SSSR count). The number of amides is 1. The zero-order chi connectivity index (χ0) is 14.8. The molecule has 1 fully saturated rings. The lowest BCUT2D eigenvalue weighted by atomic mass is 9.84.